The van der Waals surface area contributed by atoms with Gasteiger partial charge in [-0.3, -0.25) is 10.1 Å². The largest absolute Gasteiger partial charge is 0.495 e. The van der Waals surface area contributed by atoms with Crippen LogP contribution in [0, 0.1) is 0 Å². The van der Waals surface area contributed by atoms with Crippen molar-refractivity contribution in [3.8, 4) is 5.75 Å². The molecule has 28 heavy (non-hydrogen) atoms. The lowest BCUT2D eigenvalue weighted by atomic mass is 10.2. The number of hydrogen-bond acceptors (Lipinski definition) is 4. The molecule has 0 unspecified atom stereocenters. The van der Waals surface area contributed by atoms with Crippen LogP contribution in [-0.4, -0.2) is 29.2 Å². The van der Waals surface area contributed by atoms with Gasteiger partial charge in [-0.25, -0.2) is 4.79 Å². The van der Waals surface area contributed by atoms with Gasteiger partial charge in [0.05, 0.1) is 27.9 Å². The fourth-order valence-corrected chi connectivity index (χ4v) is 3.94. The van der Waals surface area contributed by atoms with E-state index in [1.165, 1.54) is 31.4 Å². The van der Waals surface area contributed by atoms with Crippen molar-refractivity contribution in [3.05, 3.63) is 61.5 Å². The predicted octanol–water partition coefficient (Wildman–Crippen LogP) is 5.10. The van der Waals surface area contributed by atoms with Crippen molar-refractivity contribution >= 4 is 84.4 Å². The minimum atomic E-state index is -1.10. The quantitative estimate of drug-likeness (QED) is 0.356. The first-order valence-electron chi connectivity index (χ1n) is 7.57. The molecular weight excluding hydrogens is 536 g/mol. The lowest BCUT2D eigenvalue weighted by Crippen LogP contribution is -2.33. The van der Waals surface area contributed by atoms with Gasteiger partial charge in [-0.15, -0.1) is 0 Å². The highest BCUT2D eigenvalue weighted by molar-refractivity contribution is 9.11. The summed E-state index contributed by atoms with van der Waals surface area (Å²) in [6.07, 6.45) is 2.87. The molecule has 2 rings (SSSR count). The highest BCUT2D eigenvalue weighted by atomic mass is 79.9. The molecule has 0 saturated heterocycles. The van der Waals surface area contributed by atoms with Crippen molar-refractivity contribution in [3.63, 3.8) is 0 Å². The van der Waals surface area contributed by atoms with Crippen molar-refractivity contribution in [1.29, 1.82) is 0 Å². The molecular formula is C18H13Br2ClN2O4S. The second-order valence-corrected chi connectivity index (χ2v) is 7.87. The number of carboxylic acid groups (broad SMARTS) is 1. The minimum Gasteiger partial charge on any atom is -0.495 e. The molecule has 6 nitrogen and oxygen atoms in total. The Balaban J connectivity index is 2.08. The molecule has 2 aromatic carbocycles. The number of anilines is 1. The summed E-state index contributed by atoms with van der Waals surface area (Å²) in [4.78, 5) is 23.2. The fraction of sp³-hybridized carbons (Fsp3) is 0.0556. The number of thiocarbonyl (C=S) groups is 1. The number of nitrogens with one attached hydrogen (secondary N) is 2. The van der Waals surface area contributed by atoms with Gasteiger partial charge in [0.25, 0.3) is 0 Å². The minimum absolute atomic E-state index is 0.0264. The van der Waals surface area contributed by atoms with Gasteiger partial charge in [0.2, 0.25) is 5.91 Å². The monoisotopic (exact) mass is 546 g/mol. The number of hydrogen-bond donors (Lipinski definition) is 3. The summed E-state index contributed by atoms with van der Waals surface area (Å²) in [6, 6.07) is 7.73. The van der Waals surface area contributed by atoms with Crippen LogP contribution in [0.5, 0.6) is 5.75 Å². The number of halogens is 3. The van der Waals surface area contributed by atoms with E-state index < -0.39 is 11.9 Å². The number of carboxylic acids is 1. The van der Waals surface area contributed by atoms with E-state index in [2.05, 4.69) is 42.5 Å². The van der Waals surface area contributed by atoms with Crippen LogP contribution in [0.1, 0.15) is 15.9 Å². The highest BCUT2D eigenvalue weighted by Crippen LogP contribution is 2.33. The number of rotatable bonds is 5. The SMILES string of the molecule is COc1c(Br)cc(Br)cc1C=CC(=O)NC(=S)Nc1cc(C(=O)O)ccc1Cl. The first kappa shape index (κ1) is 22.4. The molecule has 0 aliphatic rings. The van der Waals surface area contributed by atoms with E-state index in [0.717, 1.165) is 8.95 Å². The Labute approximate surface area is 188 Å². The third-order valence-corrected chi connectivity index (χ3v) is 4.93. The number of carbonyl (C=O) groups is 2. The van der Waals surface area contributed by atoms with E-state index in [1.54, 1.807) is 12.1 Å². The van der Waals surface area contributed by atoms with E-state index in [9.17, 15) is 9.59 Å². The molecule has 146 valence electrons. The van der Waals surface area contributed by atoms with E-state index in [0.29, 0.717) is 11.3 Å². The predicted molar refractivity (Wildman–Crippen MR) is 120 cm³/mol. The number of methoxy groups -OCH3 is 1. The maximum atomic E-state index is 12.1. The molecule has 0 fully saturated rings. The molecule has 2 aromatic rings. The Morgan fingerprint density at radius 3 is 2.61 bits per heavy atom. The van der Waals surface area contributed by atoms with Crippen molar-refractivity contribution < 1.29 is 19.4 Å². The molecule has 0 aliphatic heterocycles. The summed E-state index contributed by atoms with van der Waals surface area (Å²) in [7, 11) is 1.53. The summed E-state index contributed by atoms with van der Waals surface area (Å²) in [5, 5.41) is 14.4. The van der Waals surface area contributed by atoms with Crippen LogP contribution < -0.4 is 15.4 Å². The van der Waals surface area contributed by atoms with Gasteiger partial charge in [0, 0.05) is 16.1 Å². The number of aromatic carboxylic acids is 1. The van der Waals surface area contributed by atoms with Crippen LogP contribution in [0.3, 0.4) is 0 Å². The van der Waals surface area contributed by atoms with Gasteiger partial charge in [0.15, 0.2) is 5.11 Å². The number of benzene rings is 2. The van der Waals surface area contributed by atoms with Crippen LogP contribution in [0.25, 0.3) is 6.08 Å². The summed E-state index contributed by atoms with van der Waals surface area (Å²) >= 11 is 17.9. The summed E-state index contributed by atoms with van der Waals surface area (Å²) in [5.74, 6) is -1.02. The molecule has 10 heteroatoms. The van der Waals surface area contributed by atoms with E-state index in [1.807, 2.05) is 6.07 Å². The molecule has 0 aromatic heterocycles. The van der Waals surface area contributed by atoms with Crippen LogP contribution in [0.2, 0.25) is 5.02 Å². The Kier molecular flexibility index (Phi) is 7.99. The Morgan fingerprint density at radius 2 is 1.96 bits per heavy atom. The Bertz CT molecular complexity index is 982. The van der Waals surface area contributed by atoms with Gasteiger partial charge in [0.1, 0.15) is 5.75 Å². The molecule has 0 saturated carbocycles. The maximum absolute atomic E-state index is 12.1. The number of ether oxygens (including phenoxy) is 1. The van der Waals surface area contributed by atoms with Gasteiger partial charge >= 0.3 is 5.97 Å². The van der Waals surface area contributed by atoms with E-state index >= 15 is 0 Å². The highest BCUT2D eigenvalue weighted by Gasteiger charge is 2.10. The average molecular weight is 549 g/mol. The van der Waals surface area contributed by atoms with Crippen LogP contribution in [-0.2, 0) is 4.79 Å². The number of carbonyl (C=O) groups excluding carboxylic acids is 1. The third-order valence-electron chi connectivity index (χ3n) is 3.35. The summed E-state index contributed by atoms with van der Waals surface area (Å²) in [5.41, 5.74) is 0.983. The normalized spacial score (nSPS) is 10.6. The zero-order valence-corrected chi connectivity index (χ0v) is 19.0. The summed E-state index contributed by atoms with van der Waals surface area (Å²) < 4.78 is 6.86. The van der Waals surface area contributed by atoms with Crippen molar-refractivity contribution in [2.75, 3.05) is 12.4 Å². The molecule has 3 N–H and O–H groups in total. The van der Waals surface area contributed by atoms with E-state index in [-0.39, 0.29) is 21.4 Å². The van der Waals surface area contributed by atoms with Crippen molar-refractivity contribution in [2.24, 2.45) is 0 Å². The van der Waals surface area contributed by atoms with Crippen LogP contribution in [0.15, 0.2) is 45.4 Å². The smallest absolute Gasteiger partial charge is 0.335 e. The fourth-order valence-electron chi connectivity index (χ4n) is 2.15. The van der Waals surface area contributed by atoms with Gasteiger partial charge in [-0.05, 0) is 64.6 Å². The maximum Gasteiger partial charge on any atom is 0.335 e. The zero-order chi connectivity index (χ0) is 20.8. The Hall–Kier alpha value is -1.94. The first-order valence-corrected chi connectivity index (χ1v) is 9.94. The lowest BCUT2D eigenvalue weighted by molar-refractivity contribution is -0.115. The third kappa shape index (κ3) is 6.03. The second-order valence-electron chi connectivity index (χ2n) is 5.29. The van der Waals surface area contributed by atoms with Crippen LogP contribution in [0.4, 0.5) is 5.69 Å². The van der Waals surface area contributed by atoms with Gasteiger partial charge in [-0.2, -0.15) is 0 Å². The van der Waals surface area contributed by atoms with Gasteiger partial charge < -0.3 is 15.2 Å². The molecule has 0 atom stereocenters. The summed E-state index contributed by atoms with van der Waals surface area (Å²) in [6.45, 7) is 0. The zero-order valence-electron chi connectivity index (χ0n) is 14.3. The molecule has 0 radical (unpaired) electrons. The number of amides is 1. The molecule has 0 heterocycles. The average Bonchev–Trinajstić information content (AvgIpc) is 2.61. The van der Waals surface area contributed by atoms with Crippen molar-refractivity contribution in [1.82, 2.24) is 5.32 Å². The van der Waals surface area contributed by atoms with E-state index in [4.69, 9.17) is 33.7 Å². The molecule has 0 spiro atoms. The standard InChI is InChI=1S/C18H13Br2ClN2O4S/c1-27-16-9(6-11(19)8-12(16)20)3-5-15(24)23-18(28)22-14-7-10(17(25)26)2-4-13(14)21/h2-8H,1H3,(H,25,26)(H2,22,23,24,28). The molecule has 0 aliphatic carbocycles. The first-order chi connectivity index (χ1) is 13.2. The second kappa shape index (κ2) is 10.0. The molecule has 1 amide bonds. The van der Waals surface area contributed by atoms with Crippen molar-refractivity contribution in [2.45, 2.75) is 0 Å². The lowest BCUT2D eigenvalue weighted by Gasteiger charge is -2.11. The Morgan fingerprint density at radius 1 is 1.25 bits per heavy atom. The van der Waals surface area contributed by atoms with Crippen LogP contribution >= 0.6 is 55.7 Å². The topological polar surface area (TPSA) is 87.7 Å². The van der Waals surface area contributed by atoms with Gasteiger partial charge in [-0.1, -0.05) is 27.5 Å². The molecule has 0 bridgehead atoms.